The molecule has 11 N–H and O–H groups in total. The number of hydrogen-bond acceptors (Lipinski definition) is 23. The number of hydrogen-bond donors (Lipinski definition) is 11. The van der Waals surface area contributed by atoms with Crippen LogP contribution in [0.1, 0.15) is 265 Å². The number of carbonyl (C=O) groups excluding carboxylic acids is 3. The van der Waals surface area contributed by atoms with E-state index in [1.54, 1.807) is 6.08 Å². The molecule has 570 valence electrons. The van der Waals surface area contributed by atoms with Crippen molar-refractivity contribution in [2.45, 2.75) is 369 Å². The van der Waals surface area contributed by atoms with Gasteiger partial charge >= 0.3 is 25.7 Å². The first-order chi connectivity index (χ1) is 47.3. The maximum Gasteiger partial charge on any atom is 0.472 e. The van der Waals surface area contributed by atoms with E-state index < -0.39 is 156 Å². The van der Waals surface area contributed by atoms with Crippen LogP contribution in [0.3, 0.4) is 0 Å². The molecule has 2 saturated heterocycles. The summed E-state index contributed by atoms with van der Waals surface area (Å²) in [5.74, 6) is -2.27. The molecular weight excluding hydrogens is 1290 g/mol. The molecule has 18 unspecified atom stereocenters. The first-order valence-electron chi connectivity index (χ1n) is 37.5. The summed E-state index contributed by atoms with van der Waals surface area (Å²) in [7, 11) is -5.72. The second kappa shape index (κ2) is 54.6. The Bertz CT molecular complexity index is 2220. The van der Waals surface area contributed by atoms with Crippen molar-refractivity contribution in [2.24, 2.45) is 0 Å². The highest BCUT2D eigenvalue weighted by molar-refractivity contribution is 7.47. The van der Waals surface area contributed by atoms with E-state index in [9.17, 15) is 74.9 Å². The van der Waals surface area contributed by atoms with Crippen molar-refractivity contribution < 1.29 is 117 Å². The summed E-state index contributed by atoms with van der Waals surface area (Å²) in [5.41, 5.74) is 0. The number of aliphatic hydroxyl groups excluding tert-OH is 10. The number of phosphoric acid groups is 1. The molecule has 18 atom stereocenters. The van der Waals surface area contributed by atoms with Crippen LogP contribution in [0.4, 0.5) is 0 Å². The molecule has 1 saturated carbocycles. The lowest BCUT2D eigenvalue weighted by molar-refractivity contribution is -0.360. The molecule has 1 aliphatic carbocycles. The predicted molar refractivity (Wildman–Crippen MR) is 370 cm³/mol. The molecule has 3 fully saturated rings. The van der Waals surface area contributed by atoms with E-state index in [0.29, 0.717) is 19.3 Å². The lowest BCUT2D eigenvalue weighted by Gasteiger charge is -2.49. The molecule has 0 bridgehead atoms. The van der Waals surface area contributed by atoms with Gasteiger partial charge in [-0.15, -0.1) is 0 Å². The second-order valence-corrected chi connectivity index (χ2v) is 28.1. The topological polar surface area (TPSA) is 374 Å². The van der Waals surface area contributed by atoms with Gasteiger partial charge in [0.15, 0.2) is 18.7 Å². The van der Waals surface area contributed by atoms with E-state index in [0.717, 1.165) is 109 Å². The van der Waals surface area contributed by atoms with Crippen LogP contribution < -0.4 is 0 Å². The summed E-state index contributed by atoms with van der Waals surface area (Å²) in [4.78, 5) is 50.8. The van der Waals surface area contributed by atoms with Crippen molar-refractivity contribution in [1.82, 2.24) is 0 Å². The van der Waals surface area contributed by atoms with E-state index in [-0.39, 0.29) is 12.8 Å². The highest BCUT2D eigenvalue weighted by atomic mass is 31.2. The molecule has 25 heteroatoms. The minimum atomic E-state index is -5.72. The Kier molecular flexibility index (Phi) is 49.6. The fraction of sp³-hybridized carbons (Fsp3) is 0.849. The number of phosphoric ester groups is 1. The standard InChI is InChI=1S/C73H129O24P/c1-4-7-10-13-16-19-22-25-27-30-32-35-38-41-44-47-57(75)89-51-54(92-59(77)49-46-43-40-37-34-29-24-21-18-15-12-9-6-3)52-91-98(87,88)97-71-69(95-72-67(85)62(80)60(78)55(50-74)93-72)65(83)64(82)66(84)70(71)96-73-68(86)63(81)61(79)56(94-73)53-90-58(76)48-45-42-39-36-33-31-28-26-23-20-17-14-11-8-5-2/h20,23,29,34,38,41,44,47,54-56,60-74,78-86H,4-19,21-22,24-28,30-33,35-37,39-40,42-43,45-46,48-53H2,1-3H3,(H,87,88)/b23-20-,34-29-,41-38+,47-44+. The zero-order valence-electron chi connectivity index (χ0n) is 59.3. The van der Waals surface area contributed by atoms with Gasteiger partial charge in [0, 0.05) is 18.9 Å². The van der Waals surface area contributed by atoms with Crippen LogP contribution >= 0.6 is 7.82 Å². The van der Waals surface area contributed by atoms with Gasteiger partial charge in [-0.2, -0.15) is 0 Å². The van der Waals surface area contributed by atoms with Crippen molar-refractivity contribution in [3.8, 4) is 0 Å². The van der Waals surface area contributed by atoms with Crippen molar-refractivity contribution in [2.75, 3.05) is 26.4 Å². The highest BCUT2D eigenvalue weighted by Gasteiger charge is 2.58. The molecule has 0 aromatic heterocycles. The molecule has 3 aliphatic rings. The zero-order chi connectivity index (χ0) is 71.8. The van der Waals surface area contributed by atoms with Crippen molar-refractivity contribution in [3.63, 3.8) is 0 Å². The molecule has 3 rings (SSSR count). The van der Waals surface area contributed by atoms with Crippen LogP contribution in [-0.2, 0) is 61.2 Å². The van der Waals surface area contributed by atoms with Crippen molar-refractivity contribution in [3.05, 3.63) is 48.6 Å². The van der Waals surface area contributed by atoms with E-state index >= 15 is 0 Å². The number of allylic oxidation sites excluding steroid dienone is 7. The monoisotopic (exact) mass is 1420 g/mol. The van der Waals surface area contributed by atoms with Gasteiger partial charge in [-0.25, -0.2) is 9.36 Å². The fourth-order valence-electron chi connectivity index (χ4n) is 12.0. The minimum Gasteiger partial charge on any atom is -0.463 e. The van der Waals surface area contributed by atoms with E-state index in [1.807, 2.05) is 6.08 Å². The van der Waals surface area contributed by atoms with Gasteiger partial charge in [0.1, 0.15) is 98.7 Å². The molecule has 24 nitrogen and oxygen atoms in total. The van der Waals surface area contributed by atoms with Crippen LogP contribution in [0.5, 0.6) is 0 Å². The normalized spacial score (nSPS) is 27.9. The summed E-state index contributed by atoms with van der Waals surface area (Å²) in [5, 5.41) is 110. The molecule has 2 heterocycles. The van der Waals surface area contributed by atoms with Gasteiger partial charge in [-0.3, -0.25) is 18.6 Å². The molecule has 0 radical (unpaired) electrons. The number of rotatable bonds is 57. The Labute approximate surface area is 584 Å². The Balaban J connectivity index is 1.76. The molecular formula is C73H129O24P. The largest absolute Gasteiger partial charge is 0.472 e. The van der Waals surface area contributed by atoms with Gasteiger partial charge < -0.3 is 89.1 Å². The third kappa shape index (κ3) is 37.4. The number of aliphatic hydroxyl groups is 10. The Morgan fingerprint density at radius 1 is 0.418 bits per heavy atom. The van der Waals surface area contributed by atoms with Crippen LogP contribution in [0.2, 0.25) is 0 Å². The Morgan fingerprint density at radius 3 is 1.26 bits per heavy atom. The van der Waals surface area contributed by atoms with Gasteiger partial charge in [0.25, 0.3) is 0 Å². The average molecular weight is 1420 g/mol. The molecule has 0 aromatic rings. The summed E-state index contributed by atoms with van der Waals surface area (Å²) in [6.45, 7) is 3.28. The minimum absolute atomic E-state index is 0.0182. The first-order valence-corrected chi connectivity index (χ1v) is 39.0. The van der Waals surface area contributed by atoms with Crippen LogP contribution in [0.25, 0.3) is 0 Å². The fourth-order valence-corrected chi connectivity index (χ4v) is 13.0. The molecule has 0 amide bonds. The van der Waals surface area contributed by atoms with E-state index in [4.69, 9.17) is 42.2 Å². The van der Waals surface area contributed by atoms with Gasteiger partial charge in [-0.05, 0) is 77.0 Å². The lowest BCUT2D eigenvalue weighted by Crippen LogP contribution is -2.69. The maximum atomic E-state index is 14.3. The smallest absolute Gasteiger partial charge is 0.463 e. The number of esters is 3. The second-order valence-electron chi connectivity index (χ2n) is 26.7. The van der Waals surface area contributed by atoms with Crippen LogP contribution in [0.15, 0.2) is 48.6 Å². The summed E-state index contributed by atoms with van der Waals surface area (Å²) in [6.07, 6.45) is 18.2. The van der Waals surface area contributed by atoms with Crippen molar-refractivity contribution in [1.29, 1.82) is 0 Å². The third-order valence-electron chi connectivity index (χ3n) is 18.2. The Hall–Kier alpha value is -3.08. The average Bonchev–Trinajstić information content (AvgIpc) is 0.763. The van der Waals surface area contributed by atoms with Crippen LogP contribution in [-0.4, -0.2) is 204 Å². The van der Waals surface area contributed by atoms with Gasteiger partial charge in [0.2, 0.25) is 0 Å². The van der Waals surface area contributed by atoms with Gasteiger partial charge in [0.05, 0.1) is 13.2 Å². The third-order valence-corrected chi connectivity index (χ3v) is 19.1. The van der Waals surface area contributed by atoms with E-state index in [2.05, 4.69) is 45.1 Å². The number of carbonyl (C=O) groups is 3. The highest BCUT2D eigenvalue weighted by Crippen LogP contribution is 2.49. The number of ether oxygens (including phenoxy) is 7. The SMILES string of the molecule is CCCCCC/C=C\CCCCCCCCCC(=O)OCC1OC(OC2C(O)C(O)C(O)C(OC3OC(CO)C(O)C(O)C3O)C2OP(=O)(O)OCC(COC(=O)/C=C/C=C/CCCCCCCCCCCCC)OC(=O)CCCCC/C=C\CCCCCCCC)C(O)C(O)C1O. The lowest BCUT2D eigenvalue weighted by atomic mass is 9.84. The van der Waals surface area contributed by atoms with Crippen LogP contribution in [0, 0.1) is 0 Å². The van der Waals surface area contributed by atoms with E-state index in [1.165, 1.54) is 115 Å². The summed E-state index contributed by atoms with van der Waals surface area (Å²) in [6, 6.07) is 0. The quantitative estimate of drug-likeness (QED) is 0.00513. The Morgan fingerprint density at radius 2 is 0.796 bits per heavy atom. The predicted octanol–water partition coefficient (Wildman–Crippen LogP) is 10.1. The summed E-state index contributed by atoms with van der Waals surface area (Å²) < 4.78 is 64.7. The number of unbranched alkanes of at least 4 members (excludes halogenated alkanes) is 31. The molecule has 0 aromatic carbocycles. The molecule has 2 aliphatic heterocycles. The van der Waals surface area contributed by atoms with Crippen molar-refractivity contribution >= 4 is 25.7 Å². The first kappa shape index (κ1) is 89.1. The zero-order valence-corrected chi connectivity index (χ0v) is 60.2. The maximum absolute atomic E-state index is 14.3. The summed E-state index contributed by atoms with van der Waals surface area (Å²) >= 11 is 0. The molecule has 98 heavy (non-hydrogen) atoms. The van der Waals surface area contributed by atoms with Gasteiger partial charge in [-0.1, -0.05) is 217 Å². The molecule has 0 spiro atoms.